The molecule has 0 spiro atoms. The van der Waals surface area contributed by atoms with Gasteiger partial charge in [-0.05, 0) is 26.7 Å². The van der Waals surface area contributed by atoms with Crippen LogP contribution in [0, 0.1) is 11.3 Å². The van der Waals surface area contributed by atoms with Crippen molar-refractivity contribution >= 4 is 11.6 Å². The Hall–Kier alpha value is -2.03. The van der Waals surface area contributed by atoms with E-state index in [1.165, 1.54) is 0 Å². The average molecular weight is 261 g/mol. The highest BCUT2D eigenvalue weighted by Crippen LogP contribution is 2.42. The van der Waals surface area contributed by atoms with Crippen LogP contribution in [0.3, 0.4) is 0 Å². The van der Waals surface area contributed by atoms with Crippen LogP contribution in [-0.4, -0.2) is 33.6 Å². The third kappa shape index (κ3) is 2.70. The predicted molar refractivity (Wildman–Crippen MR) is 71.4 cm³/mol. The number of rotatable bonds is 5. The van der Waals surface area contributed by atoms with Gasteiger partial charge in [-0.25, -0.2) is 0 Å². The molecule has 0 saturated heterocycles. The van der Waals surface area contributed by atoms with Gasteiger partial charge < -0.3 is 10.6 Å². The second-order valence-electron chi connectivity index (χ2n) is 5.17. The fourth-order valence-corrected chi connectivity index (χ4v) is 2.11. The molecule has 102 valence electrons. The van der Waals surface area contributed by atoms with Crippen LogP contribution in [-0.2, 0) is 0 Å². The summed E-state index contributed by atoms with van der Waals surface area (Å²) in [5.74, 6) is 0.228. The Bertz CT molecular complexity index is 510. The van der Waals surface area contributed by atoms with Gasteiger partial charge in [-0.2, -0.15) is 10.4 Å². The number of hydrogen-bond acceptors (Lipinski definition) is 4. The van der Waals surface area contributed by atoms with E-state index in [0.717, 1.165) is 18.5 Å². The zero-order chi connectivity index (χ0) is 14.0. The van der Waals surface area contributed by atoms with Crippen LogP contribution in [0.1, 0.15) is 55.2 Å². The first-order valence-corrected chi connectivity index (χ1v) is 6.58. The lowest BCUT2D eigenvalue weighted by Crippen LogP contribution is -2.38. The van der Waals surface area contributed by atoms with Crippen LogP contribution >= 0.6 is 0 Å². The molecule has 0 bridgehead atoms. The molecular weight excluding hydrogens is 242 g/mol. The largest absolute Gasteiger partial charge is 0.395 e. The van der Waals surface area contributed by atoms with E-state index in [9.17, 15) is 4.79 Å². The van der Waals surface area contributed by atoms with Gasteiger partial charge in [-0.15, -0.1) is 0 Å². The van der Waals surface area contributed by atoms with Crippen molar-refractivity contribution in [2.24, 2.45) is 0 Å². The van der Waals surface area contributed by atoms with Gasteiger partial charge in [-0.1, -0.05) is 0 Å². The molecular formula is C13H19N5O. The number of nitrogens with zero attached hydrogens (tertiary/aromatic N) is 3. The zero-order valence-corrected chi connectivity index (χ0v) is 11.3. The Morgan fingerprint density at radius 2 is 2.32 bits per heavy atom. The Morgan fingerprint density at radius 3 is 2.84 bits per heavy atom. The second kappa shape index (κ2) is 5.31. The Morgan fingerprint density at radius 1 is 1.63 bits per heavy atom. The van der Waals surface area contributed by atoms with Gasteiger partial charge in [0.05, 0.1) is 23.9 Å². The van der Waals surface area contributed by atoms with Gasteiger partial charge in [0.2, 0.25) is 0 Å². The summed E-state index contributed by atoms with van der Waals surface area (Å²) >= 11 is 0. The number of H-pyrrole nitrogens is 1. The highest BCUT2D eigenvalue weighted by Gasteiger charge is 2.31. The maximum Gasteiger partial charge on any atom is 0.276 e. The highest BCUT2D eigenvalue weighted by atomic mass is 16.2. The van der Waals surface area contributed by atoms with Crippen molar-refractivity contribution < 1.29 is 4.79 Å². The molecule has 2 rings (SSSR count). The molecule has 1 fully saturated rings. The van der Waals surface area contributed by atoms with Crippen molar-refractivity contribution in [1.82, 2.24) is 15.1 Å². The number of nitrogens with one attached hydrogen (secondary N) is 1. The summed E-state index contributed by atoms with van der Waals surface area (Å²) < 4.78 is 0. The minimum absolute atomic E-state index is 0.0151. The Balaban J connectivity index is 2.19. The van der Waals surface area contributed by atoms with Crippen LogP contribution in [0.5, 0.6) is 0 Å². The van der Waals surface area contributed by atoms with Crippen molar-refractivity contribution in [3.8, 4) is 6.07 Å². The Kier molecular flexibility index (Phi) is 3.74. The molecule has 1 aliphatic carbocycles. The number of hydrogen-bond donors (Lipinski definition) is 2. The second-order valence-corrected chi connectivity index (χ2v) is 5.17. The number of nitrogens with two attached hydrogens (primary N) is 1. The third-order valence-electron chi connectivity index (χ3n) is 3.37. The number of aromatic nitrogens is 2. The molecule has 1 heterocycles. The standard InChI is InChI=1S/C13H19N5O/c1-8(2)18(7-3-6-14)13(19)12-10(15)11(16-17-12)9-4-5-9/h8-9H,3-5,7,15H2,1-2H3,(H,16,17). The molecule has 0 aromatic carbocycles. The molecule has 1 amide bonds. The van der Waals surface area contributed by atoms with Crippen molar-refractivity contribution in [2.45, 2.75) is 45.1 Å². The van der Waals surface area contributed by atoms with E-state index in [1.807, 2.05) is 13.8 Å². The number of carbonyl (C=O) groups is 1. The van der Waals surface area contributed by atoms with E-state index >= 15 is 0 Å². The van der Waals surface area contributed by atoms with Crippen LogP contribution < -0.4 is 5.73 Å². The Labute approximate surface area is 112 Å². The molecule has 0 radical (unpaired) electrons. The van der Waals surface area contributed by atoms with E-state index < -0.39 is 0 Å². The highest BCUT2D eigenvalue weighted by molar-refractivity contribution is 5.98. The van der Waals surface area contributed by atoms with E-state index in [4.69, 9.17) is 11.0 Å². The van der Waals surface area contributed by atoms with E-state index in [0.29, 0.717) is 24.6 Å². The van der Waals surface area contributed by atoms with Gasteiger partial charge in [0.1, 0.15) is 0 Å². The van der Waals surface area contributed by atoms with Crippen molar-refractivity contribution in [2.75, 3.05) is 12.3 Å². The molecule has 0 aliphatic heterocycles. The molecule has 19 heavy (non-hydrogen) atoms. The molecule has 1 aromatic heterocycles. The van der Waals surface area contributed by atoms with E-state index in [1.54, 1.807) is 4.90 Å². The van der Waals surface area contributed by atoms with Gasteiger partial charge in [0.25, 0.3) is 5.91 Å². The summed E-state index contributed by atoms with van der Waals surface area (Å²) in [6, 6.07) is 2.07. The summed E-state index contributed by atoms with van der Waals surface area (Å²) in [6.07, 6.45) is 2.51. The summed E-state index contributed by atoms with van der Waals surface area (Å²) in [4.78, 5) is 14.1. The number of nitrogen functional groups attached to an aromatic ring is 1. The lowest BCUT2D eigenvalue weighted by atomic mass is 10.2. The first-order chi connectivity index (χ1) is 9.06. The normalized spacial score (nSPS) is 14.4. The van der Waals surface area contributed by atoms with Gasteiger partial charge in [0, 0.05) is 18.5 Å². The summed E-state index contributed by atoms with van der Waals surface area (Å²) in [5.41, 5.74) is 7.64. The molecule has 1 saturated carbocycles. The SMILES string of the molecule is CC(C)N(CCC#N)C(=O)c1n[nH]c(C2CC2)c1N. The summed E-state index contributed by atoms with van der Waals surface area (Å²) in [7, 11) is 0. The van der Waals surface area contributed by atoms with Crippen molar-refractivity contribution in [3.05, 3.63) is 11.4 Å². The van der Waals surface area contributed by atoms with Crippen molar-refractivity contribution in [1.29, 1.82) is 5.26 Å². The van der Waals surface area contributed by atoms with Gasteiger partial charge in [-0.3, -0.25) is 9.89 Å². The fourth-order valence-electron chi connectivity index (χ4n) is 2.11. The smallest absolute Gasteiger partial charge is 0.276 e. The third-order valence-corrected chi connectivity index (χ3v) is 3.37. The average Bonchev–Trinajstić information content (AvgIpc) is 3.13. The molecule has 1 aliphatic rings. The van der Waals surface area contributed by atoms with Gasteiger partial charge in [0.15, 0.2) is 5.69 Å². The number of carbonyl (C=O) groups excluding carboxylic acids is 1. The first kappa shape index (κ1) is 13.4. The fraction of sp³-hybridized carbons (Fsp3) is 0.615. The van der Waals surface area contributed by atoms with Crippen LogP contribution in [0.25, 0.3) is 0 Å². The minimum Gasteiger partial charge on any atom is -0.395 e. The number of nitriles is 1. The zero-order valence-electron chi connectivity index (χ0n) is 11.3. The maximum atomic E-state index is 12.4. The van der Waals surface area contributed by atoms with Crippen LogP contribution in [0.4, 0.5) is 5.69 Å². The monoisotopic (exact) mass is 261 g/mol. The van der Waals surface area contributed by atoms with Gasteiger partial charge >= 0.3 is 0 Å². The number of aromatic amines is 1. The first-order valence-electron chi connectivity index (χ1n) is 6.58. The number of anilines is 1. The minimum atomic E-state index is -0.203. The van der Waals surface area contributed by atoms with Crippen molar-refractivity contribution in [3.63, 3.8) is 0 Å². The van der Waals surface area contributed by atoms with Crippen LogP contribution in [0.2, 0.25) is 0 Å². The summed E-state index contributed by atoms with van der Waals surface area (Å²) in [6.45, 7) is 4.23. The molecule has 6 nitrogen and oxygen atoms in total. The maximum absolute atomic E-state index is 12.4. The topological polar surface area (TPSA) is 98.8 Å². The number of amides is 1. The molecule has 3 N–H and O–H groups in total. The molecule has 0 atom stereocenters. The lowest BCUT2D eigenvalue weighted by Gasteiger charge is -2.25. The molecule has 0 unspecified atom stereocenters. The quantitative estimate of drug-likeness (QED) is 0.841. The van der Waals surface area contributed by atoms with E-state index in [-0.39, 0.29) is 17.6 Å². The summed E-state index contributed by atoms with van der Waals surface area (Å²) in [5, 5.41) is 15.6. The molecule has 1 aromatic rings. The van der Waals surface area contributed by atoms with Crippen LogP contribution in [0.15, 0.2) is 0 Å². The predicted octanol–water partition coefficient (Wildman–Crippen LogP) is 1.63. The van der Waals surface area contributed by atoms with E-state index in [2.05, 4.69) is 16.3 Å². The molecule has 6 heteroatoms. The lowest BCUT2D eigenvalue weighted by molar-refractivity contribution is 0.0705.